The molecule has 9 nitrogen and oxygen atoms in total. The Morgan fingerprint density at radius 1 is 1.06 bits per heavy atom. The van der Waals surface area contributed by atoms with E-state index >= 15 is 4.39 Å². The summed E-state index contributed by atoms with van der Waals surface area (Å²) in [5.74, 6) is -0.290. The number of amides is 2. The molecule has 3 heterocycles. The smallest absolute Gasteiger partial charge is 0.254 e. The van der Waals surface area contributed by atoms with Crippen molar-refractivity contribution in [2.75, 3.05) is 39.8 Å². The Morgan fingerprint density at radius 2 is 1.77 bits per heavy atom. The first-order chi connectivity index (χ1) is 22.9. The lowest BCUT2D eigenvalue weighted by atomic mass is 9.96. The van der Waals surface area contributed by atoms with Gasteiger partial charge in [0.25, 0.3) is 5.91 Å². The molecule has 0 aliphatic carbocycles. The lowest BCUT2D eigenvalue weighted by Crippen LogP contribution is -2.55. The van der Waals surface area contributed by atoms with Crippen LogP contribution >= 0.6 is 0 Å². The van der Waals surface area contributed by atoms with Crippen LogP contribution in [0.25, 0.3) is 0 Å². The van der Waals surface area contributed by atoms with Crippen LogP contribution in [-0.4, -0.2) is 96.0 Å². The number of carbonyl (C=O) groups is 2. The quantitative estimate of drug-likeness (QED) is 0.263. The molecule has 0 bridgehead atoms. The van der Waals surface area contributed by atoms with E-state index in [1.165, 1.54) is 12.1 Å². The Balaban J connectivity index is 1.30. The fourth-order valence-corrected chi connectivity index (χ4v) is 6.70. The molecule has 11 heteroatoms. The fraction of sp³-hybridized carbons (Fsp3) is 0.514. The highest BCUT2D eigenvalue weighted by Gasteiger charge is 2.35. The van der Waals surface area contributed by atoms with Gasteiger partial charge in [0.2, 0.25) is 5.91 Å². The number of nitrogens with one attached hydrogen (secondary N) is 3. The molecule has 3 aliphatic heterocycles. The molecule has 0 saturated carbocycles. The van der Waals surface area contributed by atoms with Crippen LogP contribution in [0.1, 0.15) is 67.9 Å². The molecule has 3 fully saturated rings. The van der Waals surface area contributed by atoms with Crippen LogP contribution in [0.3, 0.4) is 0 Å². The van der Waals surface area contributed by atoms with Gasteiger partial charge < -0.3 is 30.7 Å². The van der Waals surface area contributed by atoms with Gasteiger partial charge in [-0.3, -0.25) is 14.5 Å². The first-order valence-corrected chi connectivity index (χ1v) is 17.0. The molecule has 5 rings (SSSR count). The molecule has 0 radical (unpaired) electrons. The third-order valence-corrected chi connectivity index (χ3v) is 9.65. The van der Waals surface area contributed by atoms with Crippen molar-refractivity contribution >= 4 is 23.2 Å². The number of benzene rings is 2. The number of allylic oxidation sites excluding steroid dienone is 2. The summed E-state index contributed by atoms with van der Waals surface area (Å²) in [6, 6.07) is 9.27. The highest BCUT2D eigenvalue weighted by atomic mass is 19.1. The topological polar surface area (TPSA) is 113 Å². The SMILES string of the molecule is CC(C)C(=N)/C=C\C(=N)c1ccc(Oc2cc(C(=O)NC3CCN(C4CCN(C)CC4F)CC3)c(F)cc2CN2C[C@@H](C)CC2=O)cc1. The zero-order chi connectivity index (χ0) is 34.5. The molecule has 3 N–H and O–H groups in total. The van der Waals surface area contributed by atoms with Crippen LogP contribution in [0.4, 0.5) is 8.78 Å². The summed E-state index contributed by atoms with van der Waals surface area (Å²) >= 11 is 0. The normalized spacial score (nSPS) is 22.9. The van der Waals surface area contributed by atoms with Gasteiger partial charge in [0.15, 0.2) is 0 Å². The van der Waals surface area contributed by atoms with Crippen molar-refractivity contribution in [3.05, 3.63) is 71.1 Å². The zero-order valence-electron chi connectivity index (χ0n) is 28.4. The van der Waals surface area contributed by atoms with Gasteiger partial charge in [-0.25, -0.2) is 8.78 Å². The summed E-state index contributed by atoms with van der Waals surface area (Å²) < 4.78 is 36.6. The molecule has 48 heavy (non-hydrogen) atoms. The minimum absolute atomic E-state index is 0.0113. The number of hydrogen-bond donors (Lipinski definition) is 3. The lowest BCUT2D eigenvalue weighted by Gasteiger charge is -2.42. The standard InChI is InChI=1S/C37H48F2N6O3/c1-23(2)32(40)9-10-33(41)25-5-7-28(8-6-25)48-35-19-29(30(38)18-26(35)21-45-20-24(3)17-36(45)46)37(47)42-27-11-15-44(16-12-27)34-13-14-43(4)22-31(34)39/h5-10,18-19,23-24,27,31,34,40-41H,11-17,20-22H2,1-4H3,(H,42,47)/b10-9-,40-32?,41-33?/t24-,31?,34?/m0/s1. The maximum atomic E-state index is 15.6. The number of ether oxygens (including phenoxy) is 1. The highest BCUT2D eigenvalue weighted by molar-refractivity contribution is 6.10. The van der Waals surface area contributed by atoms with E-state index in [1.807, 2.05) is 32.7 Å². The van der Waals surface area contributed by atoms with Gasteiger partial charge in [-0.15, -0.1) is 0 Å². The van der Waals surface area contributed by atoms with Crippen LogP contribution in [0.15, 0.2) is 48.6 Å². The van der Waals surface area contributed by atoms with Crippen molar-refractivity contribution < 1.29 is 23.1 Å². The van der Waals surface area contributed by atoms with Crippen molar-refractivity contribution in [3.8, 4) is 11.5 Å². The van der Waals surface area contributed by atoms with E-state index in [0.717, 1.165) is 13.0 Å². The number of halogens is 2. The summed E-state index contributed by atoms with van der Waals surface area (Å²) in [6.45, 7) is 9.18. The Kier molecular flexibility index (Phi) is 11.4. The predicted molar refractivity (Wildman–Crippen MR) is 184 cm³/mol. The predicted octanol–water partition coefficient (Wildman–Crippen LogP) is 5.82. The number of rotatable bonds is 11. The number of hydrogen-bond acceptors (Lipinski definition) is 7. The second kappa shape index (κ2) is 15.5. The van der Waals surface area contributed by atoms with Gasteiger partial charge in [-0.2, -0.15) is 0 Å². The molecular weight excluding hydrogens is 614 g/mol. The molecule has 2 aromatic rings. The largest absolute Gasteiger partial charge is 0.457 e. The molecule has 2 unspecified atom stereocenters. The maximum Gasteiger partial charge on any atom is 0.254 e. The van der Waals surface area contributed by atoms with Crippen LogP contribution in [0.5, 0.6) is 11.5 Å². The van der Waals surface area contributed by atoms with E-state index in [0.29, 0.717) is 68.0 Å². The molecule has 3 saturated heterocycles. The lowest BCUT2D eigenvalue weighted by molar-refractivity contribution is -0.128. The third-order valence-electron chi connectivity index (χ3n) is 9.65. The summed E-state index contributed by atoms with van der Waals surface area (Å²) in [5.41, 5.74) is 1.62. The fourth-order valence-electron chi connectivity index (χ4n) is 6.70. The number of likely N-dealkylation sites (tertiary alicyclic amines) is 3. The minimum atomic E-state index is -0.898. The number of alkyl halides is 1. The number of nitrogens with zero attached hydrogens (tertiary/aromatic N) is 3. The molecule has 0 aromatic heterocycles. The number of carbonyl (C=O) groups excluding carboxylic acids is 2. The van der Waals surface area contributed by atoms with E-state index < -0.39 is 17.9 Å². The van der Waals surface area contributed by atoms with Crippen LogP contribution < -0.4 is 10.1 Å². The third kappa shape index (κ3) is 8.73. The average Bonchev–Trinajstić information content (AvgIpc) is 3.37. The van der Waals surface area contributed by atoms with Gasteiger partial charge in [-0.1, -0.05) is 20.8 Å². The summed E-state index contributed by atoms with van der Waals surface area (Å²) in [4.78, 5) is 31.9. The molecule has 2 amide bonds. The molecule has 3 aliphatic rings. The summed E-state index contributed by atoms with van der Waals surface area (Å²) in [7, 11) is 1.93. The summed E-state index contributed by atoms with van der Waals surface area (Å²) in [5, 5.41) is 19.3. The first kappa shape index (κ1) is 35.3. The van der Waals surface area contributed by atoms with Gasteiger partial charge in [0.1, 0.15) is 23.5 Å². The van der Waals surface area contributed by atoms with E-state index in [-0.39, 0.29) is 53.4 Å². The van der Waals surface area contributed by atoms with Crippen LogP contribution in [-0.2, 0) is 11.3 Å². The average molecular weight is 663 g/mol. The Hall–Kier alpha value is -3.96. The molecular formula is C37H48F2N6O3. The Labute approximate surface area is 282 Å². The van der Waals surface area contributed by atoms with E-state index in [4.69, 9.17) is 15.6 Å². The van der Waals surface area contributed by atoms with Crippen LogP contribution in [0, 0.1) is 28.5 Å². The molecule has 0 spiro atoms. The van der Waals surface area contributed by atoms with Gasteiger partial charge in [0.05, 0.1) is 11.3 Å². The second-order valence-corrected chi connectivity index (χ2v) is 13.9. The van der Waals surface area contributed by atoms with E-state index in [1.54, 1.807) is 41.3 Å². The van der Waals surface area contributed by atoms with E-state index in [9.17, 15) is 14.0 Å². The van der Waals surface area contributed by atoms with Crippen molar-refractivity contribution in [1.82, 2.24) is 20.0 Å². The van der Waals surface area contributed by atoms with Gasteiger partial charge in [0, 0.05) is 62.5 Å². The molecule has 3 atom stereocenters. The zero-order valence-corrected chi connectivity index (χ0v) is 28.4. The van der Waals surface area contributed by atoms with Gasteiger partial charge >= 0.3 is 0 Å². The maximum absolute atomic E-state index is 15.6. The highest BCUT2D eigenvalue weighted by Crippen LogP contribution is 2.32. The van der Waals surface area contributed by atoms with Gasteiger partial charge in [-0.05, 0) is 98.8 Å². The molecule has 2 aromatic carbocycles. The van der Waals surface area contributed by atoms with E-state index in [2.05, 4.69) is 10.2 Å². The first-order valence-electron chi connectivity index (χ1n) is 17.0. The monoisotopic (exact) mass is 662 g/mol. The van der Waals surface area contributed by atoms with Crippen LogP contribution in [0.2, 0.25) is 0 Å². The number of piperidine rings is 2. The second-order valence-electron chi connectivity index (χ2n) is 13.9. The van der Waals surface area contributed by atoms with Crippen molar-refractivity contribution in [2.45, 2.75) is 71.3 Å². The minimum Gasteiger partial charge on any atom is -0.457 e. The molecule has 258 valence electrons. The van der Waals surface area contributed by atoms with Crippen molar-refractivity contribution in [1.29, 1.82) is 10.8 Å². The Morgan fingerprint density at radius 3 is 2.40 bits per heavy atom. The van der Waals surface area contributed by atoms with Crippen molar-refractivity contribution in [2.24, 2.45) is 11.8 Å². The summed E-state index contributed by atoms with van der Waals surface area (Å²) in [6.07, 6.45) is 4.82. The Bertz CT molecular complexity index is 1540. The van der Waals surface area contributed by atoms with Crippen molar-refractivity contribution in [3.63, 3.8) is 0 Å².